The Morgan fingerprint density at radius 1 is 0.800 bits per heavy atom. The maximum absolute atomic E-state index is 12.9. The largest absolute Gasteiger partial charge is 0.310 e. The van der Waals surface area contributed by atoms with Gasteiger partial charge in [0.1, 0.15) is 0 Å². The Morgan fingerprint density at radius 3 is 2.20 bits per heavy atom. The van der Waals surface area contributed by atoms with Gasteiger partial charge in [0.2, 0.25) is 0 Å². The van der Waals surface area contributed by atoms with Crippen molar-refractivity contribution in [1.29, 1.82) is 0 Å². The highest BCUT2D eigenvalue weighted by Crippen LogP contribution is 2.30. The van der Waals surface area contributed by atoms with Gasteiger partial charge in [0.25, 0.3) is 5.91 Å². The summed E-state index contributed by atoms with van der Waals surface area (Å²) in [4.78, 5) is 14.7. The van der Waals surface area contributed by atoms with Gasteiger partial charge >= 0.3 is 0 Å². The first kappa shape index (κ1) is 15.4. The lowest BCUT2D eigenvalue weighted by atomic mass is 9.92. The maximum atomic E-state index is 12.9. The summed E-state index contributed by atoms with van der Waals surface area (Å²) in [5.41, 5.74) is 5.58. The van der Waals surface area contributed by atoms with Crippen LogP contribution in [0.5, 0.6) is 0 Å². The zero-order valence-electron chi connectivity index (χ0n) is 13.9. The number of fused-ring (bicyclic) bond motifs is 1. The van der Waals surface area contributed by atoms with Gasteiger partial charge in [0.05, 0.1) is 6.54 Å². The average molecular weight is 325 g/mol. The van der Waals surface area contributed by atoms with Crippen LogP contribution in [0.1, 0.15) is 27.0 Å². The predicted molar refractivity (Wildman–Crippen MR) is 101 cm³/mol. The predicted octanol–water partition coefficient (Wildman–Crippen LogP) is 4.93. The number of hydrogen-bond acceptors (Lipinski definition) is 1. The Hall–Kier alpha value is -3.13. The molecule has 3 aromatic rings. The van der Waals surface area contributed by atoms with Crippen LogP contribution < -0.4 is 0 Å². The fourth-order valence-electron chi connectivity index (χ4n) is 3.29. The van der Waals surface area contributed by atoms with Crippen LogP contribution in [0.4, 0.5) is 0 Å². The minimum atomic E-state index is 0.0423. The van der Waals surface area contributed by atoms with Crippen molar-refractivity contribution in [2.24, 2.45) is 0 Å². The van der Waals surface area contributed by atoms with Gasteiger partial charge in [0, 0.05) is 11.8 Å². The zero-order chi connectivity index (χ0) is 17.1. The van der Waals surface area contributed by atoms with Crippen molar-refractivity contribution >= 4 is 11.5 Å². The molecule has 0 N–H and O–H groups in total. The third kappa shape index (κ3) is 3.24. The highest BCUT2D eigenvalue weighted by molar-refractivity contribution is 5.96. The molecule has 3 aromatic carbocycles. The van der Waals surface area contributed by atoms with Crippen molar-refractivity contribution in [3.63, 3.8) is 0 Å². The molecule has 1 aliphatic rings. The summed E-state index contributed by atoms with van der Waals surface area (Å²) in [5, 5.41) is 0. The first-order valence-electron chi connectivity index (χ1n) is 8.50. The van der Waals surface area contributed by atoms with E-state index in [4.69, 9.17) is 0 Å². The second-order valence-electron chi connectivity index (χ2n) is 6.27. The second-order valence-corrected chi connectivity index (χ2v) is 6.27. The van der Waals surface area contributed by atoms with Crippen LogP contribution in [0, 0.1) is 0 Å². The quantitative estimate of drug-likeness (QED) is 0.669. The third-order valence-corrected chi connectivity index (χ3v) is 4.53. The lowest BCUT2D eigenvalue weighted by Gasteiger charge is -2.28. The van der Waals surface area contributed by atoms with Crippen LogP contribution in [0.2, 0.25) is 0 Å². The van der Waals surface area contributed by atoms with E-state index in [1.54, 1.807) is 0 Å². The molecule has 0 atom stereocenters. The highest BCUT2D eigenvalue weighted by Gasteiger charge is 2.22. The fraction of sp³-hybridized carbons (Fsp3) is 0.0870. The molecule has 25 heavy (non-hydrogen) atoms. The van der Waals surface area contributed by atoms with E-state index < -0.39 is 0 Å². The minimum absolute atomic E-state index is 0.0423. The van der Waals surface area contributed by atoms with Gasteiger partial charge < -0.3 is 4.90 Å². The number of rotatable bonds is 3. The molecule has 2 nitrogen and oxygen atoms in total. The number of hydrogen-bond donors (Lipinski definition) is 0. The van der Waals surface area contributed by atoms with Crippen molar-refractivity contribution in [3.8, 4) is 0 Å². The number of nitrogens with zero attached hydrogens (tertiary/aromatic N) is 1. The molecule has 0 radical (unpaired) electrons. The average Bonchev–Trinajstić information content (AvgIpc) is 2.69. The van der Waals surface area contributed by atoms with Crippen molar-refractivity contribution in [1.82, 2.24) is 4.90 Å². The van der Waals surface area contributed by atoms with Gasteiger partial charge in [-0.1, -0.05) is 72.8 Å². The standard InChI is InChI=1S/C23H19NO/c25-23(19-11-5-2-6-12-19)24-16-20-13-7-8-14-22(20)21(17-24)15-18-9-3-1-4-10-18/h1-14,17H,15-16H2. The Balaban J connectivity index is 1.70. The molecule has 0 spiro atoms. The van der Waals surface area contributed by atoms with Crippen molar-refractivity contribution in [2.45, 2.75) is 13.0 Å². The Morgan fingerprint density at radius 2 is 1.44 bits per heavy atom. The SMILES string of the molecule is O=C(c1ccccc1)N1C=C(Cc2ccccc2)c2ccccc2C1. The fourth-order valence-corrected chi connectivity index (χ4v) is 3.29. The van der Waals surface area contributed by atoms with Gasteiger partial charge in [-0.05, 0) is 40.8 Å². The molecule has 122 valence electrons. The molecule has 1 aliphatic heterocycles. The Kier molecular flexibility index (Phi) is 4.17. The first-order valence-corrected chi connectivity index (χ1v) is 8.50. The smallest absolute Gasteiger partial charge is 0.258 e. The number of carbonyl (C=O) groups is 1. The zero-order valence-corrected chi connectivity index (χ0v) is 13.9. The van der Waals surface area contributed by atoms with Crippen LogP contribution in [-0.4, -0.2) is 10.8 Å². The molecule has 0 saturated carbocycles. The van der Waals surface area contributed by atoms with E-state index in [-0.39, 0.29) is 5.91 Å². The van der Waals surface area contributed by atoms with E-state index in [2.05, 4.69) is 42.5 Å². The van der Waals surface area contributed by atoms with E-state index in [9.17, 15) is 4.79 Å². The van der Waals surface area contributed by atoms with Gasteiger partial charge in [0.15, 0.2) is 0 Å². The molecular formula is C23H19NO. The molecule has 0 bridgehead atoms. The molecule has 0 unspecified atom stereocenters. The summed E-state index contributed by atoms with van der Waals surface area (Å²) in [7, 11) is 0. The van der Waals surface area contributed by atoms with E-state index in [0.717, 1.165) is 12.0 Å². The van der Waals surface area contributed by atoms with Crippen LogP contribution in [0.15, 0.2) is 91.1 Å². The van der Waals surface area contributed by atoms with E-state index >= 15 is 0 Å². The summed E-state index contributed by atoms with van der Waals surface area (Å²) in [6.07, 6.45) is 2.83. The van der Waals surface area contributed by atoms with Gasteiger partial charge in [-0.2, -0.15) is 0 Å². The number of amides is 1. The molecule has 0 fully saturated rings. The van der Waals surface area contributed by atoms with Gasteiger partial charge in [-0.25, -0.2) is 0 Å². The molecule has 1 amide bonds. The van der Waals surface area contributed by atoms with E-state index in [0.29, 0.717) is 6.54 Å². The maximum Gasteiger partial charge on any atom is 0.258 e. The van der Waals surface area contributed by atoms with Crippen LogP contribution in [-0.2, 0) is 13.0 Å². The summed E-state index contributed by atoms with van der Waals surface area (Å²) in [5.74, 6) is 0.0423. The normalized spacial score (nSPS) is 13.1. The summed E-state index contributed by atoms with van der Waals surface area (Å²) in [6.45, 7) is 0.613. The van der Waals surface area contributed by atoms with E-state index in [1.165, 1.54) is 22.3 Å². The third-order valence-electron chi connectivity index (χ3n) is 4.53. The summed E-state index contributed by atoms with van der Waals surface area (Å²) < 4.78 is 0. The lowest BCUT2D eigenvalue weighted by Crippen LogP contribution is -2.28. The van der Waals surface area contributed by atoms with Crippen LogP contribution in [0.3, 0.4) is 0 Å². The number of allylic oxidation sites excluding steroid dienone is 1. The van der Waals surface area contributed by atoms with Crippen molar-refractivity contribution in [2.75, 3.05) is 0 Å². The first-order chi connectivity index (χ1) is 12.3. The lowest BCUT2D eigenvalue weighted by molar-refractivity contribution is 0.0812. The molecule has 1 heterocycles. The second kappa shape index (κ2) is 6.78. The monoisotopic (exact) mass is 325 g/mol. The molecule has 2 heteroatoms. The van der Waals surface area contributed by atoms with Gasteiger partial charge in [-0.3, -0.25) is 4.79 Å². The molecule has 0 aromatic heterocycles. The molecule has 4 rings (SSSR count). The molecular weight excluding hydrogens is 306 g/mol. The van der Waals surface area contributed by atoms with Crippen molar-refractivity contribution in [3.05, 3.63) is 113 Å². The summed E-state index contributed by atoms with van der Waals surface area (Å²) >= 11 is 0. The van der Waals surface area contributed by atoms with E-state index in [1.807, 2.05) is 53.6 Å². The van der Waals surface area contributed by atoms with Gasteiger partial charge in [-0.15, -0.1) is 0 Å². The molecule has 0 saturated heterocycles. The number of carbonyl (C=O) groups excluding carboxylic acids is 1. The molecule has 0 aliphatic carbocycles. The highest BCUT2D eigenvalue weighted by atomic mass is 16.2. The minimum Gasteiger partial charge on any atom is -0.310 e. The van der Waals surface area contributed by atoms with Crippen LogP contribution >= 0.6 is 0 Å². The Labute approximate surface area is 148 Å². The summed E-state index contributed by atoms with van der Waals surface area (Å²) in [6, 6.07) is 28.2. The topological polar surface area (TPSA) is 20.3 Å². The number of benzene rings is 3. The van der Waals surface area contributed by atoms with Crippen LogP contribution in [0.25, 0.3) is 5.57 Å². The Bertz CT molecular complexity index is 913. The van der Waals surface area contributed by atoms with Crippen molar-refractivity contribution < 1.29 is 4.79 Å².